The molecule has 1 heterocycles. The van der Waals surface area contributed by atoms with Crippen LogP contribution in [-0.4, -0.2) is 48.6 Å². The van der Waals surface area contributed by atoms with E-state index in [0.29, 0.717) is 0 Å². The molecule has 0 aromatic rings. The van der Waals surface area contributed by atoms with Crippen LogP contribution in [0.2, 0.25) is 0 Å². The summed E-state index contributed by atoms with van der Waals surface area (Å²) in [6.45, 7) is 7.03. The summed E-state index contributed by atoms with van der Waals surface area (Å²) in [6.07, 6.45) is 7.74. The maximum absolute atomic E-state index is 5.21. The summed E-state index contributed by atoms with van der Waals surface area (Å²) in [7, 11) is 0. The minimum absolute atomic E-state index is 0.725. The van der Waals surface area contributed by atoms with Gasteiger partial charge in [-0.25, -0.2) is 0 Å². The Morgan fingerprint density at radius 3 is 3.20 bits per heavy atom. The SMILES string of the molecule is C#CCSCCN1CCC(NCCC)C1. The van der Waals surface area contributed by atoms with Gasteiger partial charge in [0.05, 0.1) is 5.75 Å². The Bertz CT molecular complexity index is 200. The van der Waals surface area contributed by atoms with Crippen molar-refractivity contribution in [3.8, 4) is 12.3 Å². The first kappa shape index (κ1) is 12.9. The van der Waals surface area contributed by atoms with Crippen LogP contribution in [0.1, 0.15) is 19.8 Å². The van der Waals surface area contributed by atoms with Gasteiger partial charge >= 0.3 is 0 Å². The summed E-state index contributed by atoms with van der Waals surface area (Å²) in [5, 5.41) is 3.58. The van der Waals surface area contributed by atoms with Gasteiger partial charge in [0, 0.05) is 24.9 Å². The Labute approximate surface area is 98.2 Å². The highest BCUT2D eigenvalue weighted by Gasteiger charge is 2.20. The molecule has 1 aliphatic rings. The summed E-state index contributed by atoms with van der Waals surface area (Å²) < 4.78 is 0. The molecule has 86 valence electrons. The van der Waals surface area contributed by atoms with Crippen molar-refractivity contribution in [1.82, 2.24) is 10.2 Å². The fraction of sp³-hybridized carbons (Fsp3) is 0.833. The average molecular weight is 226 g/mol. The lowest BCUT2D eigenvalue weighted by Gasteiger charge is -2.15. The minimum Gasteiger partial charge on any atom is -0.313 e. The Kier molecular flexibility index (Phi) is 6.91. The summed E-state index contributed by atoms with van der Waals surface area (Å²) in [6, 6.07) is 0.725. The monoisotopic (exact) mass is 226 g/mol. The van der Waals surface area contributed by atoms with Gasteiger partial charge in [0.15, 0.2) is 0 Å². The van der Waals surface area contributed by atoms with E-state index in [1.807, 2.05) is 11.8 Å². The predicted octanol–water partition coefficient (Wildman–Crippen LogP) is 1.43. The van der Waals surface area contributed by atoms with Gasteiger partial charge in [-0.3, -0.25) is 0 Å². The number of terminal acetylenes is 1. The van der Waals surface area contributed by atoms with Crippen molar-refractivity contribution >= 4 is 11.8 Å². The number of rotatable bonds is 7. The van der Waals surface area contributed by atoms with E-state index >= 15 is 0 Å². The molecule has 3 heteroatoms. The number of thioether (sulfide) groups is 1. The molecule has 0 aliphatic carbocycles. The minimum atomic E-state index is 0.725. The summed E-state index contributed by atoms with van der Waals surface area (Å²) in [5.41, 5.74) is 0. The van der Waals surface area contributed by atoms with E-state index in [4.69, 9.17) is 6.42 Å². The van der Waals surface area contributed by atoms with Crippen molar-refractivity contribution in [3.05, 3.63) is 0 Å². The number of nitrogens with one attached hydrogen (secondary N) is 1. The van der Waals surface area contributed by atoms with Crippen molar-refractivity contribution in [1.29, 1.82) is 0 Å². The molecule has 0 amide bonds. The summed E-state index contributed by atoms with van der Waals surface area (Å²) in [4.78, 5) is 2.54. The van der Waals surface area contributed by atoms with Crippen molar-refractivity contribution in [2.75, 3.05) is 37.7 Å². The van der Waals surface area contributed by atoms with Crippen molar-refractivity contribution in [2.45, 2.75) is 25.8 Å². The summed E-state index contributed by atoms with van der Waals surface area (Å²) >= 11 is 1.86. The molecule has 1 rings (SSSR count). The molecule has 0 bridgehead atoms. The van der Waals surface area contributed by atoms with Crippen LogP contribution in [0.15, 0.2) is 0 Å². The molecule has 0 radical (unpaired) electrons. The van der Waals surface area contributed by atoms with Gasteiger partial charge in [-0.2, -0.15) is 0 Å². The molecule has 0 aromatic carbocycles. The number of nitrogens with zero attached hydrogens (tertiary/aromatic N) is 1. The van der Waals surface area contributed by atoms with Crippen LogP contribution >= 0.6 is 11.8 Å². The third-order valence-electron chi connectivity index (χ3n) is 2.69. The Morgan fingerprint density at radius 2 is 2.47 bits per heavy atom. The third-order valence-corrected chi connectivity index (χ3v) is 3.53. The van der Waals surface area contributed by atoms with Crippen LogP contribution in [0.4, 0.5) is 0 Å². The molecule has 0 spiro atoms. The van der Waals surface area contributed by atoms with Gasteiger partial charge in [0.2, 0.25) is 0 Å². The van der Waals surface area contributed by atoms with E-state index in [1.165, 1.54) is 38.2 Å². The first-order valence-corrected chi connectivity index (χ1v) is 6.99. The van der Waals surface area contributed by atoms with Gasteiger partial charge in [-0.15, -0.1) is 18.2 Å². The molecule has 1 atom stereocenters. The van der Waals surface area contributed by atoms with Crippen LogP contribution in [0.3, 0.4) is 0 Å². The highest BCUT2D eigenvalue weighted by atomic mass is 32.2. The lowest BCUT2D eigenvalue weighted by atomic mass is 10.2. The quantitative estimate of drug-likeness (QED) is 0.522. The third kappa shape index (κ3) is 5.46. The number of hydrogen-bond donors (Lipinski definition) is 1. The van der Waals surface area contributed by atoms with E-state index in [-0.39, 0.29) is 0 Å². The van der Waals surface area contributed by atoms with E-state index in [2.05, 4.69) is 23.1 Å². The molecule has 1 aliphatic heterocycles. The van der Waals surface area contributed by atoms with Gasteiger partial charge in [-0.05, 0) is 25.9 Å². The van der Waals surface area contributed by atoms with Crippen LogP contribution in [0.25, 0.3) is 0 Å². The van der Waals surface area contributed by atoms with Gasteiger partial charge in [0.1, 0.15) is 0 Å². The molecule has 2 nitrogen and oxygen atoms in total. The predicted molar refractivity (Wildman–Crippen MR) is 69.3 cm³/mol. The molecule has 0 aromatic heterocycles. The van der Waals surface area contributed by atoms with Crippen LogP contribution in [-0.2, 0) is 0 Å². The average Bonchev–Trinajstić information content (AvgIpc) is 2.69. The van der Waals surface area contributed by atoms with Crippen LogP contribution in [0.5, 0.6) is 0 Å². The lowest BCUT2D eigenvalue weighted by molar-refractivity contribution is 0.348. The molecule has 1 fully saturated rings. The zero-order valence-corrected chi connectivity index (χ0v) is 10.5. The Morgan fingerprint density at radius 1 is 1.60 bits per heavy atom. The van der Waals surface area contributed by atoms with Crippen LogP contribution in [0, 0.1) is 12.3 Å². The standard InChI is InChI=1S/C12H22N2S/c1-3-6-13-12-5-7-14(11-12)8-10-15-9-4-2/h2,12-13H,3,5-11H2,1H3. The molecule has 1 saturated heterocycles. The molecule has 1 unspecified atom stereocenters. The van der Waals surface area contributed by atoms with E-state index in [9.17, 15) is 0 Å². The maximum Gasteiger partial charge on any atom is 0.0545 e. The van der Waals surface area contributed by atoms with Crippen molar-refractivity contribution in [2.24, 2.45) is 0 Å². The van der Waals surface area contributed by atoms with Crippen molar-refractivity contribution < 1.29 is 0 Å². The van der Waals surface area contributed by atoms with E-state index in [1.54, 1.807) is 0 Å². The number of likely N-dealkylation sites (tertiary alicyclic amines) is 1. The highest BCUT2D eigenvalue weighted by Crippen LogP contribution is 2.10. The highest BCUT2D eigenvalue weighted by molar-refractivity contribution is 7.99. The molecule has 15 heavy (non-hydrogen) atoms. The molecule has 1 N–H and O–H groups in total. The molecular weight excluding hydrogens is 204 g/mol. The molecular formula is C12H22N2S. The fourth-order valence-electron chi connectivity index (χ4n) is 1.88. The Hall–Kier alpha value is -0.170. The topological polar surface area (TPSA) is 15.3 Å². The van der Waals surface area contributed by atoms with E-state index < -0.39 is 0 Å². The zero-order chi connectivity index (χ0) is 10.9. The second kappa shape index (κ2) is 8.04. The first-order valence-electron chi connectivity index (χ1n) is 5.83. The maximum atomic E-state index is 5.21. The Balaban J connectivity index is 2.01. The van der Waals surface area contributed by atoms with E-state index in [0.717, 1.165) is 18.3 Å². The second-order valence-corrected chi connectivity index (χ2v) is 5.10. The van der Waals surface area contributed by atoms with Gasteiger partial charge in [-0.1, -0.05) is 12.8 Å². The molecule has 0 saturated carbocycles. The van der Waals surface area contributed by atoms with Crippen LogP contribution < -0.4 is 5.32 Å². The fourth-order valence-corrected chi connectivity index (χ4v) is 2.53. The lowest BCUT2D eigenvalue weighted by Crippen LogP contribution is -2.33. The smallest absolute Gasteiger partial charge is 0.0545 e. The zero-order valence-electron chi connectivity index (χ0n) is 9.67. The normalized spacial score (nSPS) is 21.7. The summed E-state index contributed by atoms with van der Waals surface area (Å²) in [5.74, 6) is 4.69. The largest absolute Gasteiger partial charge is 0.313 e. The van der Waals surface area contributed by atoms with Crippen molar-refractivity contribution in [3.63, 3.8) is 0 Å². The van der Waals surface area contributed by atoms with Gasteiger partial charge in [0.25, 0.3) is 0 Å². The van der Waals surface area contributed by atoms with Gasteiger partial charge < -0.3 is 10.2 Å². The second-order valence-electron chi connectivity index (χ2n) is 4.00. The number of hydrogen-bond acceptors (Lipinski definition) is 3. The first-order chi connectivity index (χ1) is 7.36.